The molecule has 3 nitrogen and oxygen atoms in total. The lowest BCUT2D eigenvalue weighted by Gasteiger charge is -2.07. The van der Waals surface area contributed by atoms with Gasteiger partial charge in [-0.25, -0.2) is 4.98 Å². The third-order valence-electron chi connectivity index (χ3n) is 2.91. The van der Waals surface area contributed by atoms with Crippen molar-refractivity contribution in [2.24, 2.45) is 5.92 Å². The van der Waals surface area contributed by atoms with Crippen molar-refractivity contribution >= 4 is 16.6 Å². The number of imidazole rings is 1. The molecule has 0 aliphatic rings. The van der Waals surface area contributed by atoms with Crippen molar-refractivity contribution in [1.82, 2.24) is 14.4 Å². The molecule has 0 radical (unpaired) electrons. The van der Waals surface area contributed by atoms with E-state index in [1.54, 1.807) is 0 Å². The van der Waals surface area contributed by atoms with Crippen LogP contribution in [0.2, 0.25) is 0 Å². The molecule has 0 saturated carbocycles. The van der Waals surface area contributed by atoms with Crippen molar-refractivity contribution in [2.75, 3.05) is 0 Å². The highest BCUT2D eigenvalue weighted by Gasteiger charge is 2.08. The highest BCUT2D eigenvalue weighted by Crippen LogP contribution is 2.17. The minimum Gasteiger partial charge on any atom is -0.293 e. The average molecular weight is 225 g/mol. The van der Waals surface area contributed by atoms with E-state index in [-0.39, 0.29) is 0 Å². The first kappa shape index (κ1) is 10.3. The number of hydrogen-bond acceptors (Lipinski definition) is 2. The molecule has 2 heterocycles. The van der Waals surface area contributed by atoms with Crippen LogP contribution >= 0.6 is 0 Å². The molecule has 3 aromatic rings. The maximum atomic E-state index is 4.51. The van der Waals surface area contributed by atoms with Crippen LogP contribution in [0.15, 0.2) is 36.7 Å². The fraction of sp³-hybridized carbons (Fsp3) is 0.286. The fourth-order valence-corrected chi connectivity index (χ4v) is 2.18. The van der Waals surface area contributed by atoms with Crippen molar-refractivity contribution in [3.63, 3.8) is 0 Å². The molecule has 0 fully saturated rings. The fourth-order valence-electron chi connectivity index (χ4n) is 2.18. The van der Waals surface area contributed by atoms with Crippen LogP contribution in [0.3, 0.4) is 0 Å². The van der Waals surface area contributed by atoms with E-state index < -0.39 is 0 Å². The van der Waals surface area contributed by atoms with Gasteiger partial charge in [-0.2, -0.15) is 0 Å². The summed E-state index contributed by atoms with van der Waals surface area (Å²) in [6.07, 6.45) is 4.78. The normalized spacial score (nSPS) is 11.7. The molecule has 0 aliphatic heterocycles. The molecule has 3 rings (SSSR count). The van der Waals surface area contributed by atoms with Gasteiger partial charge in [-0.15, -0.1) is 0 Å². The number of fused-ring (bicyclic) bond motifs is 3. The molecule has 0 atom stereocenters. The summed E-state index contributed by atoms with van der Waals surface area (Å²) in [4.78, 5) is 8.95. The quantitative estimate of drug-likeness (QED) is 0.671. The second-order valence-electron chi connectivity index (χ2n) is 4.78. The summed E-state index contributed by atoms with van der Waals surface area (Å²) >= 11 is 0. The van der Waals surface area contributed by atoms with Crippen molar-refractivity contribution in [3.05, 3.63) is 42.5 Å². The lowest BCUT2D eigenvalue weighted by molar-refractivity contribution is 0.621. The summed E-state index contributed by atoms with van der Waals surface area (Å²) < 4.78 is 2.21. The summed E-state index contributed by atoms with van der Waals surface area (Å²) in [5.41, 5.74) is 3.22. The molecule has 0 unspecified atom stereocenters. The van der Waals surface area contributed by atoms with Gasteiger partial charge in [-0.05, 0) is 18.1 Å². The maximum Gasteiger partial charge on any atom is 0.114 e. The Morgan fingerprint density at radius 1 is 1.12 bits per heavy atom. The number of hydrogen-bond donors (Lipinski definition) is 0. The number of nitrogens with zero attached hydrogens (tertiary/aromatic N) is 3. The molecule has 17 heavy (non-hydrogen) atoms. The number of para-hydroxylation sites is 2. The summed E-state index contributed by atoms with van der Waals surface area (Å²) in [5, 5.41) is 0. The Balaban J connectivity index is 2.34. The third kappa shape index (κ3) is 1.68. The summed E-state index contributed by atoms with van der Waals surface area (Å²) in [7, 11) is 0. The van der Waals surface area contributed by atoms with Gasteiger partial charge in [-0.3, -0.25) is 9.38 Å². The van der Waals surface area contributed by atoms with Crippen LogP contribution in [0.1, 0.15) is 19.7 Å². The topological polar surface area (TPSA) is 30.2 Å². The second kappa shape index (κ2) is 3.84. The first-order valence-electron chi connectivity index (χ1n) is 5.96. The predicted octanol–water partition coefficient (Wildman–Crippen LogP) is 3.08. The Morgan fingerprint density at radius 3 is 2.71 bits per heavy atom. The van der Waals surface area contributed by atoms with Crippen molar-refractivity contribution < 1.29 is 0 Å². The number of aromatic nitrogens is 3. The van der Waals surface area contributed by atoms with Gasteiger partial charge >= 0.3 is 0 Å². The highest BCUT2D eigenvalue weighted by atomic mass is 15.0. The Bertz CT molecular complexity index is 667. The minimum absolute atomic E-state index is 0.604. The second-order valence-corrected chi connectivity index (χ2v) is 4.78. The van der Waals surface area contributed by atoms with E-state index in [4.69, 9.17) is 0 Å². The molecular weight excluding hydrogens is 210 g/mol. The van der Waals surface area contributed by atoms with E-state index >= 15 is 0 Å². The van der Waals surface area contributed by atoms with E-state index in [0.717, 1.165) is 28.8 Å². The Kier molecular flexibility index (Phi) is 2.32. The van der Waals surface area contributed by atoms with E-state index in [1.165, 1.54) is 0 Å². The van der Waals surface area contributed by atoms with Crippen LogP contribution in [0.5, 0.6) is 0 Å². The zero-order valence-corrected chi connectivity index (χ0v) is 10.1. The standard InChI is InChI=1S/C14H15N3/c1-10(2)7-14-16-9-11-8-15-12-5-3-4-6-13(12)17(11)14/h3-6,8-10H,7H2,1-2H3. The van der Waals surface area contributed by atoms with Crippen LogP contribution in [-0.2, 0) is 6.42 Å². The summed E-state index contributed by atoms with van der Waals surface area (Å²) in [6.45, 7) is 4.43. The molecule has 0 saturated heterocycles. The Labute approximate surface area is 100 Å². The van der Waals surface area contributed by atoms with Gasteiger partial charge in [0, 0.05) is 6.42 Å². The van der Waals surface area contributed by atoms with Gasteiger partial charge in [0.05, 0.1) is 28.9 Å². The SMILES string of the molecule is CC(C)Cc1ncc2cnc3ccccc3n12. The largest absolute Gasteiger partial charge is 0.293 e. The maximum absolute atomic E-state index is 4.51. The lowest BCUT2D eigenvalue weighted by Crippen LogP contribution is -2.01. The number of benzene rings is 1. The molecule has 2 aromatic heterocycles. The van der Waals surface area contributed by atoms with Crippen LogP contribution < -0.4 is 0 Å². The first-order valence-corrected chi connectivity index (χ1v) is 5.96. The highest BCUT2D eigenvalue weighted by molar-refractivity contribution is 5.78. The molecule has 0 spiro atoms. The van der Waals surface area contributed by atoms with Gasteiger partial charge in [0.1, 0.15) is 5.82 Å². The molecule has 0 amide bonds. The van der Waals surface area contributed by atoms with Gasteiger partial charge in [0.2, 0.25) is 0 Å². The smallest absolute Gasteiger partial charge is 0.114 e. The molecule has 0 aliphatic carbocycles. The first-order chi connectivity index (χ1) is 8.25. The van der Waals surface area contributed by atoms with Crippen LogP contribution in [0, 0.1) is 5.92 Å². The molecular formula is C14H15N3. The van der Waals surface area contributed by atoms with E-state index in [2.05, 4.69) is 34.3 Å². The van der Waals surface area contributed by atoms with Gasteiger partial charge < -0.3 is 0 Å². The predicted molar refractivity (Wildman–Crippen MR) is 69.0 cm³/mol. The Hall–Kier alpha value is -1.90. The zero-order valence-electron chi connectivity index (χ0n) is 10.1. The summed E-state index contributed by atoms with van der Waals surface area (Å²) in [6, 6.07) is 8.19. The van der Waals surface area contributed by atoms with E-state index in [9.17, 15) is 0 Å². The van der Waals surface area contributed by atoms with Crippen molar-refractivity contribution in [2.45, 2.75) is 20.3 Å². The lowest BCUT2D eigenvalue weighted by atomic mass is 10.1. The average Bonchev–Trinajstić information content (AvgIpc) is 2.72. The van der Waals surface area contributed by atoms with Crippen molar-refractivity contribution in [1.29, 1.82) is 0 Å². The third-order valence-corrected chi connectivity index (χ3v) is 2.91. The molecule has 1 aromatic carbocycles. The molecule has 86 valence electrons. The van der Waals surface area contributed by atoms with Crippen LogP contribution in [0.4, 0.5) is 0 Å². The van der Waals surface area contributed by atoms with Crippen LogP contribution in [-0.4, -0.2) is 14.4 Å². The molecule has 3 heteroatoms. The van der Waals surface area contributed by atoms with Crippen LogP contribution in [0.25, 0.3) is 16.6 Å². The van der Waals surface area contributed by atoms with E-state index in [1.807, 2.05) is 30.6 Å². The monoisotopic (exact) mass is 225 g/mol. The molecule has 0 bridgehead atoms. The van der Waals surface area contributed by atoms with Gasteiger partial charge in [0.15, 0.2) is 0 Å². The number of rotatable bonds is 2. The van der Waals surface area contributed by atoms with Gasteiger partial charge in [0.25, 0.3) is 0 Å². The van der Waals surface area contributed by atoms with Gasteiger partial charge in [-0.1, -0.05) is 26.0 Å². The Morgan fingerprint density at radius 2 is 1.88 bits per heavy atom. The molecule has 0 N–H and O–H groups in total. The minimum atomic E-state index is 0.604. The van der Waals surface area contributed by atoms with E-state index in [0.29, 0.717) is 5.92 Å². The zero-order chi connectivity index (χ0) is 11.8. The van der Waals surface area contributed by atoms with Crippen molar-refractivity contribution in [3.8, 4) is 0 Å². The summed E-state index contributed by atoms with van der Waals surface area (Å²) in [5.74, 6) is 1.72.